The van der Waals surface area contributed by atoms with Gasteiger partial charge in [-0.3, -0.25) is 9.59 Å². The first-order valence-electron chi connectivity index (χ1n) is 9.24. The molecule has 0 spiro atoms. The minimum absolute atomic E-state index is 0.244. The van der Waals surface area contributed by atoms with Gasteiger partial charge in [0.05, 0.1) is 16.3 Å². The van der Waals surface area contributed by atoms with Crippen molar-refractivity contribution in [2.45, 2.75) is 13.8 Å². The number of anilines is 2. The van der Waals surface area contributed by atoms with Gasteiger partial charge >= 0.3 is 0 Å². The summed E-state index contributed by atoms with van der Waals surface area (Å²) in [7, 11) is 0. The van der Waals surface area contributed by atoms with Crippen molar-refractivity contribution in [1.29, 1.82) is 0 Å². The summed E-state index contributed by atoms with van der Waals surface area (Å²) >= 11 is 6.30. The summed E-state index contributed by atoms with van der Waals surface area (Å²) in [5, 5.41) is 3.54. The van der Waals surface area contributed by atoms with Crippen LogP contribution in [-0.2, 0) is 9.59 Å². The number of nitrogens with one attached hydrogen (secondary N) is 1. The molecule has 3 aromatic rings. The Hall–Kier alpha value is -3.37. The summed E-state index contributed by atoms with van der Waals surface area (Å²) < 4.78 is 0. The lowest BCUT2D eigenvalue weighted by atomic mass is 10.0. The number of nitrogens with zero attached hydrogens (tertiary/aromatic N) is 1. The Balaban J connectivity index is 1.86. The molecule has 0 aromatic heterocycles. The molecule has 144 valence electrons. The van der Waals surface area contributed by atoms with E-state index in [0.717, 1.165) is 21.7 Å². The molecule has 0 radical (unpaired) electrons. The predicted molar refractivity (Wildman–Crippen MR) is 117 cm³/mol. The van der Waals surface area contributed by atoms with Crippen LogP contribution in [0.3, 0.4) is 0 Å². The Bertz CT molecular complexity index is 1150. The zero-order valence-electron chi connectivity index (χ0n) is 16.1. The summed E-state index contributed by atoms with van der Waals surface area (Å²) in [5.41, 5.74) is 4.44. The molecule has 1 aliphatic rings. The van der Waals surface area contributed by atoms with Crippen LogP contribution in [0.5, 0.6) is 0 Å². The Morgan fingerprint density at radius 1 is 0.793 bits per heavy atom. The van der Waals surface area contributed by atoms with Gasteiger partial charge in [-0.25, -0.2) is 4.90 Å². The van der Waals surface area contributed by atoms with Crippen LogP contribution in [-0.4, -0.2) is 11.8 Å². The number of imide groups is 1. The third-order valence-corrected chi connectivity index (χ3v) is 5.24. The van der Waals surface area contributed by atoms with E-state index in [1.165, 1.54) is 0 Å². The van der Waals surface area contributed by atoms with E-state index in [1.54, 1.807) is 24.3 Å². The van der Waals surface area contributed by atoms with E-state index in [0.29, 0.717) is 21.8 Å². The van der Waals surface area contributed by atoms with Crippen LogP contribution in [0.25, 0.3) is 5.57 Å². The van der Waals surface area contributed by atoms with Gasteiger partial charge < -0.3 is 5.32 Å². The van der Waals surface area contributed by atoms with Crippen LogP contribution < -0.4 is 10.2 Å². The van der Waals surface area contributed by atoms with E-state index in [9.17, 15) is 9.59 Å². The van der Waals surface area contributed by atoms with Crippen molar-refractivity contribution in [3.63, 3.8) is 0 Å². The molecule has 4 nitrogen and oxygen atoms in total. The van der Waals surface area contributed by atoms with Crippen molar-refractivity contribution in [3.8, 4) is 0 Å². The second kappa shape index (κ2) is 7.57. The zero-order chi connectivity index (χ0) is 20.5. The second-order valence-corrected chi connectivity index (χ2v) is 7.36. The molecule has 1 N–H and O–H groups in total. The van der Waals surface area contributed by atoms with E-state index < -0.39 is 11.8 Å². The van der Waals surface area contributed by atoms with Crippen molar-refractivity contribution in [1.82, 2.24) is 0 Å². The van der Waals surface area contributed by atoms with Crippen molar-refractivity contribution in [3.05, 3.63) is 100 Å². The fraction of sp³-hybridized carbons (Fsp3) is 0.0833. The quantitative estimate of drug-likeness (QED) is 0.598. The molecule has 0 atom stereocenters. The van der Waals surface area contributed by atoms with Gasteiger partial charge in [-0.2, -0.15) is 0 Å². The predicted octanol–water partition coefficient (Wildman–Crippen LogP) is 5.35. The van der Waals surface area contributed by atoms with Gasteiger partial charge in [0.2, 0.25) is 0 Å². The second-order valence-electron chi connectivity index (χ2n) is 6.95. The van der Waals surface area contributed by atoms with Crippen LogP contribution in [0.1, 0.15) is 16.7 Å². The molecule has 5 heteroatoms. The Kier molecular flexibility index (Phi) is 4.95. The molecular formula is C24H19ClN2O2. The first-order valence-corrected chi connectivity index (χ1v) is 9.62. The van der Waals surface area contributed by atoms with Crippen LogP contribution >= 0.6 is 11.6 Å². The number of hydrogen-bond acceptors (Lipinski definition) is 3. The number of amides is 2. The van der Waals surface area contributed by atoms with E-state index in [2.05, 4.69) is 5.32 Å². The third-order valence-electron chi connectivity index (χ3n) is 4.92. The topological polar surface area (TPSA) is 49.4 Å². The van der Waals surface area contributed by atoms with Crippen molar-refractivity contribution in [2.24, 2.45) is 0 Å². The number of carbonyl (C=O) groups excluding carboxylic acids is 2. The summed E-state index contributed by atoms with van der Waals surface area (Å²) in [6.45, 7) is 3.92. The highest BCUT2D eigenvalue weighted by atomic mass is 35.5. The monoisotopic (exact) mass is 402 g/mol. The van der Waals surface area contributed by atoms with Gasteiger partial charge in [-0.05, 0) is 43.2 Å². The van der Waals surface area contributed by atoms with E-state index in [1.807, 2.05) is 62.4 Å². The number of hydrogen-bond donors (Lipinski definition) is 1. The van der Waals surface area contributed by atoms with Gasteiger partial charge in [-0.15, -0.1) is 0 Å². The molecular weight excluding hydrogens is 384 g/mol. The molecule has 0 saturated heterocycles. The average molecular weight is 403 g/mol. The lowest BCUT2D eigenvalue weighted by molar-refractivity contribution is -0.120. The molecule has 0 saturated carbocycles. The summed E-state index contributed by atoms with van der Waals surface area (Å²) in [4.78, 5) is 27.9. The first kappa shape index (κ1) is 19.0. The highest BCUT2D eigenvalue weighted by molar-refractivity contribution is 6.48. The summed E-state index contributed by atoms with van der Waals surface area (Å²) in [6.07, 6.45) is 0. The molecule has 4 rings (SSSR count). The number of benzene rings is 3. The van der Waals surface area contributed by atoms with E-state index in [-0.39, 0.29) is 5.70 Å². The third kappa shape index (κ3) is 3.43. The van der Waals surface area contributed by atoms with Crippen LogP contribution in [0.4, 0.5) is 11.4 Å². The molecule has 3 aromatic carbocycles. The summed E-state index contributed by atoms with van der Waals surface area (Å²) in [6, 6.07) is 22.0. The maximum Gasteiger partial charge on any atom is 0.282 e. The smallest absolute Gasteiger partial charge is 0.282 e. The van der Waals surface area contributed by atoms with Crippen molar-refractivity contribution < 1.29 is 9.59 Å². The molecule has 2 amide bonds. The van der Waals surface area contributed by atoms with Gasteiger partial charge in [0.15, 0.2) is 0 Å². The molecule has 1 heterocycles. The number of rotatable bonds is 4. The highest BCUT2D eigenvalue weighted by Gasteiger charge is 2.41. The van der Waals surface area contributed by atoms with Crippen molar-refractivity contribution >= 4 is 40.4 Å². The number of halogens is 1. The molecule has 0 fully saturated rings. The van der Waals surface area contributed by atoms with Crippen LogP contribution in [0.15, 0.2) is 78.5 Å². The minimum atomic E-state index is -0.429. The van der Waals surface area contributed by atoms with Crippen molar-refractivity contribution in [2.75, 3.05) is 10.2 Å². The van der Waals surface area contributed by atoms with Crippen LogP contribution in [0, 0.1) is 13.8 Å². The molecule has 0 unspecified atom stereocenters. The molecule has 29 heavy (non-hydrogen) atoms. The maximum absolute atomic E-state index is 13.4. The van der Waals surface area contributed by atoms with Gasteiger partial charge in [0, 0.05) is 5.69 Å². The van der Waals surface area contributed by atoms with Gasteiger partial charge in [0.25, 0.3) is 11.8 Å². The minimum Gasteiger partial charge on any atom is -0.350 e. The summed E-state index contributed by atoms with van der Waals surface area (Å²) in [5.74, 6) is -0.829. The van der Waals surface area contributed by atoms with Crippen LogP contribution in [0.2, 0.25) is 5.02 Å². The lowest BCUT2D eigenvalue weighted by Gasteiger charge is -2.17. The SMILES string of the molecule is Cc1ccc(C2=C(Nc3ccccc3C)C(=O)N(c3ccccc3Cl)C2=O)cc1. The first-order chi connectivity index (χ1) is 14.0. The Morgan fingerprint density at radius 3 is 2.14 bits per heavy atom. The molecule has 0 bridgehead atoms. The Labute approximate surface area is 174 Å². The Morgan fingerprint density at radius 2 is 1.45 bits per heavy atom. The standard InChI is InChI=1S/C24H19ClN2O2/c1-15-11-13-17(14-12-15)21-22(26-19-9-5-3-7-16(19)2)24(29)27(23(21)28)20-10-6-4-8-18(20)25/h3-14,26H,1-2H3. The van der Waals surface area contributed by atoms with Gasteiger partial charge in [0.1, 0.15) is 5.70 Å². The average Bonchev–Trinajstić information content (AvgIpc) is 2.95. The van der Waals surface area contributed by atoms with E-state index >= 15 is 0 Å². The zero-order valence-corrected chi connectivity index (χ0v) is 16.8. The fourth-order valence-corrected chi connectivity index (χ4v) is 3.55. The maximum atomic E-state index is 13.4. The molecule has 1 aliphatic heterocycles. The fourth-order valence-electron chi connectivity index (χ4n) is 3.33. The van der Waals surface area contributed by atoms with Gasteiger partial charge in [-0.1, -0.05) is 71.8 Å². The highest BCUT2D eigenvalue weighted by Crippen LogP contribution is 2.36. The number of aryl methyl sites for hydroxylation is 2. The van der Waals surface area contributed by atoms with E-state index in [4.69, 9.17) is 11.6 Å². The molecule has 0 aliphatic carbocycles. The number of carbonyl (C=O) groups is 2. The number of para-hydroxylation sites is 2. The normalized spacial score (nSPS) is 14.0. The lowest BCUT2D eigenvalue weighted by Crippen LogP contribution is -2.32. The largest absolute Gasteiger partial charge is 0.350 e.